The number of thiophene rings is 1. The molecule has 2 aromatic rings. The molecule has 1 aromatic carbocycles. The molecule has 2 unspecified atom stereocenters. The monoisotopic (exact) mass is 345 g/mol. The number of amides is 1. The van der Waals surface area contributed by atoms with Crippen molar-refractivity contribution in [2.75, 3.05) is 7.11 Å². The van der Waals surface area contributed by atoms with Crippen LogP contribution in [-0.4, -0.2) is 24.1 Å². The van der Waals surface area contributed by atoms with Crippen molar-refractivity contribution >= 4 is 23.2 Å². The number of ether oxygens (including phenoxy) is 1. The summed E-state index contributed by atoms with van der Waals surface area (Å²) in [7, 11) is 1.64. The zero-order valence-electron chi connectivity index (χ0n) is 13.3. The Kier molecular flexibility index (Phi) is 4.85. The van der Waals surface area contributed by atoms with Crippen LogP contribution in [0.15, 0.2) is 36.4 Å². The number of benzene rings is 1. The minimum absolute atomic E-state index is 0.159. The molecule has 126 valence electrons. The highest BCUT2D eigenvalue weighted by Crippen LogP contribution is 2.35. The predicted octanol–water partition coefficient (Wildman–Crippen LogP) is 3.15. The van der Waals surface area contributed by atoms with Crippen LogP contribution in [0.5, 0.6) is 5.75 Å². The lowest BCUT2D eigenvalue weighted by molar-refractivity contribution is -0.152. The summed E-state index contributed by atoms with van der Waals surface area (Å²) in [4.78, 5) is 25.2. The second kappa shape index (κ2) is 7.05. The van der Waals surface area contributed by atoms with Crippen molar-refractivity contribution in [3.63, 3.8) is 0 Å². The summed E-state index contributed by atoms with van der Waals surface area (Å²) in [6.45, 7) is 0.433. The number of carboxylic acids is 1. The van der Waals surface area contributed by atoms with Gasteiger partial charge in [0.25, 0.3) is 0 Å². The Morgan fingerprint density at radius 2 is 1.88 bits per heavy atom. The zero-order valence-corrected chi connectivity index (χ0v) is 14.1. The van der Waals surface area contributed by atoms with Crippen molar-refractivity contribution in [1.82, 2.24) is 5.32 Å². The first-order chi connectivity index (χ1) is 11.6. The van der Waals surface area contributed by atoms with E-state index in [9.17, 15) is 9.59 Å². The Morgan fingerprint density at radius 3 is 2.46 bits per heavy atom. The van der Waals surface area contributed by atoms with Crippen molar-refractivity contribution in [2.24, 2.45) is 11.8 Å². The first kappa shape index (κ1) is 16.5. The van der Waals surface area contributed by atoms with Gasteiger partial charge >= 0.3 is 5.97 Å². The standard InChI is InChI=1S/C18H19NO4S/c1-23-12-4-2-11(3-5-12)16-9-6-13(24-16)10-19-17(20)14-7-8-15(14)18(21)22/h2-6,9,14-15H,7-8,10H2,1H3,(H,19,20)(H,21,22). The molecule has 0 bridgehead atoms. The van der Waals surface area contributed by atoms with Crippen molar-refractivity contribution in [1.29, 1.82) is 0 Å². The Balaban J connectivity index is 1.58. The van der Waals surface area contributed by atoms with E-state index in [1.54, 1.807) is 18.4 Å². The van der Waals surface area contributed by atoms with Gasteiger partial charge in [0.15, 0.2) is 0 Å². The molecule has 6 heteroatoms. The van der Waals surface area contributed by atoms with Crippen LogP contribution in [0.1, 0.15) is 17.7 Å². The maximum Gasteiger partial charge on any atom is 0.307 e. The summed E-state index contributed by atoms with van der Waals surface area (Å²) >= 11 is 1.61. The lowest BCUT2D eigenvalue weighted by Gasteiger charge is -2.31. The van der Waals surface area contributed by atoms with Crippen LogP contribution >= 0.6 is 11.3 Å². The topological polar surface area (TPSA) is 75.6 Å². The molecule has 0 aliphatic heterocycles. The minimum Gasteiger partial charge on any atom is -0.497 e. The number of methoxy groups -OCH3 is 1. The Labute approximate surface area is 144 Å². The zero-order chi connectivity index (χ0) is 17.1. The predicted molar refractivity (Wildman–Crippen MR) is 92.0 cm³/mol. The van der Waals surface area contributed by atoms with Gasteiger partial charge in [0.05, 0.1) is 25.5 Å². The molecule has 1 aliphatic carbocycles. The van der Waals surface area contributed by atoms with E-state index in [1.165, 1.54) is 0 Å². The van der Waals surface area contributed by atoms with Gasteiger partial charge in [-0.1, -0.05) is 0 Å². The van der Waals surface area contributed by atoms with Gasteiger partial charge in [-0.25, -0.2) is 0 Å². The second-order valence-corrected chi connectivity index (χ2v) is 7.01. The van der Waals surface area contributed by atoms with Gasteiger partial charge < -0.3 is 15.2 Å². The summed E-state index contributed by atoms with van der Waals surface area (Å²) in [6.07, 6.45) is 1.25. The van der Waals surface area contributed by atoms with Gasteiger partial charge in [0.1, 0.15) is 5.75 Å². The number of carboxylic acid groups (broad SMARTS) is 1. The molecular weight excluding hydrogens is 326 g/mol. The van der Waals surface area contributed by atoms with Gasteiger partial charge in [0.2, 0.25) is 5.91 Å². The maximum atomic E-state index is 12.1. The van der Waals surface area contributed by atoms with Crippen LogP contribution in [0.2, 0.25) is 0 Å². The van der Waals surface area contributed by atoms with Gasteiger partial charge in [0, 0.05) is 9.75 Å². The average Bonchev–Trinajstić information content (AvgIpc) is 3.00. The summed E-state index contributed by atoms with van der Waals surface area (Å²) < 4.78 is 5.15. The summed E-state index contributed by atoms with van der Waals surface area (Å²) in [5, 5.41) is 11.9. The summed E-state index contributed by atoms with van der Waals surface area (Å²) in [6, 6.07) is 11.8. The molecule has 1 saturated carbocycles. The summed E-state index contributed by atoms with van der Waals surface area (Å²) in [5.41, 5.74) is 1.10. The molecule has 2 atom stereocenters. The first-order valence-electron chi connectivity index (χ1n) is 7.82. The smallest absolute Gasteiger partial charge is 0.307 e. The quantitative estimate of drug-likeness (QED) is 0.843. The number of aliphatic carboxylic acids is 1. The fourth-order valence-electron chi connectivity index (χ4n) is 2.80. The van der Waals surface area contributed by atoms with E-state index in [0.717, 1.165) is 21.1 Å². The lowest BCUT2D eigenvalue weighted by Crippen LogP contribution is -2.43. The molecule has 0 radical (unpaired) electrons. The number of carbonyl (C=O) groups is 2. The average molecular weight is 345 g/mol. The molecule has 0 saturated heterocycles. The number of hydrogen-bond donors (Lipinski definition) is 2. The third-order valence-corrected chi connectivity index (χ3v) is 5.54. The van der Waals surface area contributed by atoms with Gasteiger partial charge in [-0.05, 0) is 54.8 Å². The van der Waals surface area contributed by atoms with Crippen molar-refractivity contribution in [3.05, 3.63) is 41.3 Å². The SMILES string of the molecule is COc1ccc(-c2ccc(CNC(=O)C3CCC3C(=O)O)s2)cc1. The Morgan fingerprint density at radius 1 is 1.17 bits per heavy atom. The molecule has 1 heterocycles. The van der Waals surface area contributed by atoms with Crippen LogP contribution in [0.3, 0.4) is 0 Å². The molecule has 1 aromatic heterocycles. The second-order valence-electron chi connectivity index (χ2n) is 5.84. The van der Waals surface area contributed by atoms with Crippen LogP contribution < -0.4 is 10.1 Å². The molecule has 1 amide bonds. The number of hydrogen-bond acceptors (Lipinski definition) is 4. The fraction of sp³-hybridized carbons (Fsp3) is 0.333. The molecule has 0 spiro atoms. The lowest BCUT2D eigenvalue weighted by atomic mass is 9.73. The van der Waals surface area contributed by atoms with Crippen molar-refractivity contribution < 1.29 is 19.4 Å². The highest BCUT2D eigenvalue weighted by molar-refractivity contribution is 7.15. The number of nitrogens with one attached hydrogen (secondary N) is 1. The fourth-order valence-corrected chi connectivity index (χ4v) is 3.75. The van der Waals surface area contributed by atoms with Crippen LogP contribution in [0.4, 0.5) is 0 Å². The normalized spacial score (nSPS) is 19.4. The largest absolute Gasteiger partial charge is 0.497 e. The number of carbonyl (C=O) groups excluding carboxylic acids is 1. The number of rotatable bonds is 6. The molecule has 5 nitrogen and oxygen atoms in total. The third kappa shape index (κ3) is 3.43. The van der Waals surface area contributed by atoms with Crippen LogP contribution in [0, 0.1) is 11.8 Å². The van der Waals surface area contributed by atoms with Gasteiger partial charge in [-0.3, -0.25) is 9.59 Å². The molecule has 1 fully saturated rings. The van der Waals surface area contributed by atoms with Crippen molar-refractivity contribution in [2.45, 2.75) is 19.4 Å². The molecule has 1 aliphatic rings. The maximum absolute atomic E-state index is 12.1. The van der Waals surface area contributed by atoms with Crippen LogP contribution in [0.25, 0.3) is 10.4 Å². The van der Waals surface area contributed by atoms with E-state index in [2.05, 4.69) is 5.32 Å². The highest BCUT2D eigenvalue weighted by Gasteiger charge is 2.41. The van der Waals surface area contributed by atoms with E-state index >= 15 is 0 Å². The van der Waals surface area contributed by atoms with Crippen molar-refractivity contribution in [3.8, 4) is 16.2 Å². The molecular formula is C18H19NO4S. The van der Waals surface area contributed by atoms with E-state index in [1.807, 2.05) is 36.4 Å². The Hall–Kier alpha value is -2.34. The van der Waals surface area contributed by atoms with Gasteiger partial charge in [-0.2, -0.15) is 0 Å². The molecule has 3 rings (SSSR count). The van der Waals surface area contributed by atoms with E-state index in [0.29, 0.717) is 19.4 Å². The minimum atomic E-state index is -0.876. The van der Waals surface area contributed by atoms with Crippen LogP contribution in [-0.2, 0) is 16.1 Å². The van der Waals surface area contributed by atoms with E-state index in [4.69, 9.17) is 9.84 Å². The molecule has 2 N–H and O–H groups in total. The highest BCUT2D eigenvalue weighted by atomic mass is 32.1. The first-order valence-corrected chi connectivity index (χ1v) is 8.64. The van der Waals surface area contributed by atoms with Gasteiger partial charge in [-0.15, -0.1) is 11.3 Å². The Bertz CT molecular complexity index is 738. The third-order valence-electron chi connectivity index (χ3n) is 4.40. The van der Waals surface area contributed by atoms with E-state index in [-0.39, 0.29) is 11.8 Å². The van der Waals surface area contributed by atoms with E-state index < -0.39 is 11.9 Å². The summed E-state index contributed by atoms with van der Waals surface area (Å²) in [5.74, 6) is -1.13. The molecule has 24 heavy (non-hydrogen) atoms.